The summed E-state index contributed by atoms with van der Waals surface area (Å²) in [6.07, 6.45) is 5.43. The fourth-order valence-corrected chi connectivity index (χ4v) is 2.42. The summed E-state index contributed by atoms with van der Waals surface area (Å²) >= 11 is 0. The number of ether oxygens (including phenoxy) is 1. The van der Waals surface area contributed by atoms with Crippen LogP contribution in [0.25, 0.3) is 0 Å². The third-order valence-corrected chi connectivity index (χ3v) is 3.82. The van der Waals surface area contributed by atoms with Crippen LogP contribution in [0.1, 0.15) is 21.5 Å². The fraction of sp³-hybridized carbons (Fsp3) is 0.200. The minimum Gasteiger partial charge on any atom is -0.492 e. The molecule has 0 aliphatic rings. The molecule has 3 aromatic rings. The summed E-state index contributed by atoms with van der Waals surface area (Å²) in [5, 5.41) is 2.87. The molecule has 0 radical (unpaired) electrons. The maximum Gasteiger partial charge on any atom is 0.251 e. The van der Waals surface area contributed by atoms with Crippen LogP contribution in [0.4, 0.5) is 0 Å². The van der Waals surface area contributed by atoms with Crippen LogP contribution in [0.3, 0.4) is 0 Å². The molecule has 0 bridgehead atoms. The van der Waals surface area contributed by atoms with Crippen LogP contribution < -0.4 is 10.1 Å². The van der Waals surface area contributed by atoms with E-state index in [9.17, 15) is 4.79 Å². The molecule has 0 saturated heterocycles. The van der Waals surface area contributed by atoms with Crippen LogP contribution in [0.5, 0.6) is 5.75 Å². The predicted molar refractivity (Wildman–Crippen MR) is 96.8 cm³/mol. The zero-order chi connectivity index (χ0) is 17.5. The lowest BCUT2D eigenvalue weighted by Crippen LogP contribution is -2.28. The molecule has 0 saturated carbocycles. The van der Waals surface area contributed by atoms with Crippen LogP contribution in [-0.2, 0) is 6.54 Å². The molecule has 5 heteroatoms. The second kappa shape index (κ2) is 8.15. The highest BCUT2D eigenvalue weighted by Gasteiger charge is 2.05. The summed E-state index contributed by atoms with van der Waals surface area (Å²) in [5.41, 5.74) is 2.96. The molecule has 1 N–H and O–H groups in total. The SMILES string of the molecule is Cc1ccc(OCCNC(=O)c2ccc(Cn3ccnc3)cc2)cc1. The first-order valence-electron chi connectivity index (χ1n) is 8.23. The topological polar surface area (TPSA) is 56.1 Å². The second-order valence-electron chi connectivity index (χ2n) is 5.85. The lowest BCUT2D eigenvalue weighted by molar-refractivity contribution is 0.0947. The fourth-order valence-electron chi connectivity index (χ4n) is 2.42. The lowest BCUT2D eigenvalue weighted by atomic mass is 10.1. The molecule has 0 fully saturated rings. The Labute approximate surface area is 147 Å². The highest BCUT2D eigenvalue weighted by Crippen LogP contribution is 2.11. The van der Waals surface area contributed by atoms with E-state index in [1.807, 2.05) is 66.2 Å². The van der Waals surface area contributed by atoms with Gasteiger partial charge in [-0.3, -0.25) is 4.79 Å². The second-order valence-corrected chi connectivity index (χ2v) is 5.85. The van der Waals surface area contributed by atoms with Crippen molar-refractivity contribution >= 4 is 5.91 Å². The van der Waals surface area contributed by atoms with Gasteiger partial charge in [0.1, 0.15) is 12.4 Å². The van der Waals surface area contributed by atoms with Crippen LogP contribution >= 0.6 is 0 Å². The Balaban J connectivity index is 1.44. The van der Waals surface area contributed by atoms with Gasteiger partial charge in [0.25, 0.3) is 5.91 Å². The summed E-state index contributed by atoms with van der Waals surface area (Å²) in [4.78, 5) is 16.2. The zero-order valence-electron chi connectivity index (χ0n) is 14.2. The van der Waals surface area contributed by atoms with Crippen molar-refractivity contribution in [2.75, 3.05) is 13.2 Å². The monoisotopic (exact) mass is 335 g/mol. The van der Waals surface area contributed by atoms with E-state index in [0.717, 1.165) is 17.9 Å². The highest BCUT2D eigenvalue weighted by molar-refractivity contribution is 5.94. The van der Waals surface area contributed by atoms with E-state index >= 15 is 0 Å². The largest absolute Gasteiger partial charge is 0.492 e. The number of nitrogens with zero attached hydrogens (tertiary/aromatic N) is 2. The van der Waals surface area contributed by atoms with Crippen molar-refractivity contribution in [1.29, 1.82) is 0 Å². The Morgan fingerprint density at radius 3 is 2.56 bits per heavy atom. The number of rotatable bonds is 7. The first-order chi connectivity index (χ1) is 12.2. The van der Waals surface area contributed by atoms with E-state index in [1.165, 1.54) is 5.56 Å². The van der Waals surface area contributed by atoms with Crippen LogP contribution in [0, 0.1) is 6.92 Å². The molecule has 2 aromatic carbocycles. The van der Waals surface area contributed by atoms with Crippen molar-refractivity contribution in [1.82, 2.24) is 14.9 Å². The standard InChI is InChI=1S/C20H21N3O2/c1-16-2-8-19(9-3-16)25-13-11-22-20(24)18-6-4-17(5-7-18)14-23-12-10-21-15-23/h2-10,12,15H,11,13-14H2,1H3,(H,22,24). The Bertz CT molecular complexity index is 794. The summed E-state index contributed by atoms with van der Waals surface area (Å²) in [5.74, 6) is 0.713. The van der Waals surface area contributed by atoms with E-state index in [-0.39, 0.29) is 5.91 Å². The van der Waals surface area contributed by atoms with Gasteiger partial charge in [-0.1, -0.05) is 29.8 Å². The van der Waals surface area contributed by atoms with Gasteiger partial charge >= 0.3 is 0 Å². The quantitative estimate of drug-likeness (QED) is 0.675. The summed E-state index contributed by atoms with van der Waals surface area (Å²) < 4.78 is 7.59. The molecule has 0 atom stereocenters. The van der Waals surface area contributed by atoms with Crippen molar-refractivity contribution in [3.8, 4) is 5.75 Å². The van der Waals surface area contributed by atoms with Gasteiger partial charge in [0.15, 0.2) is 0 Å². The van der Waals surface area contributed by atoms with Crippen LogP contribution in [0.2, 0.25) is 0 Å². The Morgan fingerprint density at radius 2 is 1.88 bits per heavy atom. The molecule has 128 valence electrons. The number of carbonyl (C=O) groups is 1. The number of hydrogen-bond acceptors (Lipinski definition) is 3. The highest BCUT2D eigenvalue weighted by atomic mass is 16.5. The average Bonchev–Trinajstić information content (AvgIpc) is 3.14. The smallest absolute Gasteiger partial charge is 0.251 e. The molecule has 1 amide bonds. The number of carbonyl (C=O) groups excluding carboxylic acids is 1. The van der Waals surface area contributed by atoms with E-state index in [1.54, 1.807) is 12.5 Å². The molecule has 0 aliphatic heterocycles. The van der Waals surface area contributed by atoms with Gasteiger partial charge in [0, 0.05) is 24.5 Å². The molecule has 0 spiro atoms. The summed E-state index contributed by atoms with van der Waals surface area (Å²) in [6, 6.07) is 15.4. The number of amides is 1. The van der Waals surface area contributed by atoms with Crippen molar-refractivity contribution in [2.24, 2.45) is 0 Å². The Morgan fingerprint density at radius 1 is 1.12 bits per heavy atom. The van der Waals surface area contributed by atoms with Crippen molar-refractivity contribution in [3.63, 3.8) is 0 Å². The molecule has 1 aromatic heterocycles. The van der Waals surface area contributed by atoms with Crippen LogP contribution in [0.15, 0.2) is 67.3 Å². The third kappa shape index (κ3) is 4.94. The number of aryl methyl sites for hydroxylation is 1. The minimum absolute atomic E-state index is 0.0957. The van der Waals surface area contributed by atoms with Gasteiger partial charge in [-0.05, 0) is 36.8 Å². The summed E-state index contributed by atoms with van der Waals surface area (Å²) in [6.45, 7) is 3.67. The molecule has 25 heavy (non-hydrogen) atoms. The van der Waals surface area contributed by atoms with Gasteiger partial charge in [-0.2, -0.15) is 0 Å². The maximum atomic E-state index is 12.1. The molecular formula is C20H21N3O2. The lowest BCUT2D eigenvalue weighted by Gasteiger charge is -2.09. The van der Waals surface area contributed by atoms with Crippen molar-refractivity contribution in [3.05, 3.63) is 83.9 Å². The normalized spacial score (nSPS) is 10.4. The van der Waals surface area contributed by atoms with Gasteiger partial charge in [0.05, 0.1) is 12.9 Å². The molecule has 5 nitrogen and oxygen atoms in total. The number of hydrogen-bond donors (Lipinski definition) is 1. The zero-order valence-corrected chi connectivity index (χ0v) is 14.2. The summed E-state index contributed by atoms with van der Waals surface area (Å²) in [7, 11) is 0. The van der Waals surface area contributed by atoms with Gasteiger partial charge in [-0.25, -0.2) is 4.98 Å². The van der Waals surface area contributed by atoms with E-state index in [2.05, 4.69) is 10.3 Å². The van der Waals surface area contributed by atoms with E-state index in [0.29, 0.717) is 18.7 Å². The van der Waals surface area contributed by atoms with Crippen molar-refractivity contribution < 1.29 is 9.53 Å². The number of aromatic nitrogens is 2. The molecule has 0 aliphatic carbocycles. The van der Waals surface area contributed by atoms with Crippen LogP contribution in [-0.4, -0.2) is 28.6 Å². The van der Waals surface area contributed by atoms with Gasteiger partial charge < -0.3 is 14.6 Å². The number of imidazole rings is 1. The first kappa shape index (κ1) is 16.8. The minimum atomic E-state index is -0.0957. The maximum absolute atomic E-state index is 12.1. The van der Waals surface area contributed by atoms with Crippen molar-refractivity contribution in [2.45, 2.75) is 13.5 Å². The van der Waals surface area contributed by atoms with E-state index < -0.39 is 0 Å². The third-order valence-electron chi connectivity index (χ3n) is 3.82. The number of benzene rings is 2. The molecule has 3 rings (SSSR count). The van der Waals surface area contributed by atoms with Gasteiger partial charge in [-0.15, -0.1) is 0 Å². The first-order valence-corrected chi connectivity index (χ1v) is 8.23. The predicted octanol–water partition coefficient (Wildman–Crippen LogP) is 3.05. The van der Waals surface area contributed by atoms with Gasteiger partial charge in [0.2, 0.25) is 0 Å². The molecule has 0 unspecified atom stereocenters. The Hall–Kier alpha value is -3.08. The molecular weight excluding hydrogens is 314 g/mol. The average molecular weight is 335 g/mol. The molecule has 1 heterocycles. The van der Waals surface area contributed by atoms with E-state index in [4.69, 9.17) is 4.74 Å². The number of nitrogens with one attached hydrogen (secondary N) is 1. The Kier molecular flexibility index (Phi) is 5.46.